The van der Waals surface area contributed by atoms with Crippen LogP contribution < -0.4 is 11.1 Å². The lowest BCUT2D eigenvalue weighted by atomic mass is 9.94. The third-order valence-corrected chi connectivity index (χ3v) is 7.91. The third kappa shape index (κ3) is 5.28. The molecule has 2 aromatic heterocycles. The molecule has 1 saturated carbocycles. The van der Waals surface area contributed by atoms with E-state index in [-0.39, 0.29) is 41.8 Å². The highest BCUT2D eigenvalue weighted by Gasteiger charge is 2.66. The van der Waals surface area contributed by atoms with Crippen molar-refractivity contribution in [2.75, 3.05) is 0 Å². The molecule has 0 aliphatic heterocycles. The Morgan fingerprint density at radius 3 is 2.50 bits per heavy atom. The topological polar surface area (TPSA) is 103 Å². The number of benzene rings is 2. The second-order valence-electron chi connectivity index (χ2n) is 10.9. The van der Waals surface area contributed by atoms with Gasteiger partial charge < -0.3 is 11.1 Å². The van der Waals surface area contributed by atoms with Crippen LogP contribution >= 0.6 is 0 Å². The molecular weight excluding hydrogens is 595 g/mol. The molecular formula is C30H22F7N5O2. The summed E-state index contributed by atoms with van der Waals surface area (Å²) in [6, 6.07) is 8.22. The fraction of sp³-hybridized carbons (Fsp3) is 0.267. The minimum Gasteiger partial charge on any atom is -0.366 e. The Hall–Kier alpha value is -4.75. The molecule has 0 spiro atoms. The maximum Gasteiger partial charge on any atom is 0.435 e. The van der Waals surface area contributed by atoms with Crippen molar-refractivity contribution in [2.45, 2.75) is 43.7 Å². The molecule has 0 saturated heterocycles. The van der Waals surface area contributed by atoms with Gasteiger partial charge in [-0.2, -0.15) is 18.3 Å². The third-order valence-electron chi connectivity index (χ3n) is 7.91. The molecule has 7 nitrogen and oxygen atoms in total. The Balaban J connectivity index is 1.37. The standard InChI is InChI=1S/C30H22F7N5O2/c31-17-6-14(7-18(32)11-17)8-22(26-19(2-1-5-39-26)15-3-4-21(33)20(9-15)28(38)44)40-24(43)13-42-23-10-16-12-29(16,34)25(23)27(41-42)30(35,36)37/h1-7,9,11,16,22H,8,10,12-13H2,(H2,38,44)(H,40,43)/t16?,22-,29?/m0/s1. The lowest BCUT2D eigenvalue weighted by molar-refractivity contribution is -0.143. The number of amides is 2. The van der Waals surface area contributed by atoms with Gasteiger partial charge in [0, 0.05) is 35.0 Å². The van der Waals surface area contributed by atoms with E-state index in [9.17, 15) is 35.9 Å². The summed E-state index contributed by atoms with van der Waals surface area (Å²) in [5, 5.41) is 6.20. The van der Waals surface area contributed by atoms with Crippen molar-refractivity contribution in [1.29, 1.82) is 0 Å². The zero-order valence-corrected chi connectivity index (χ0v) is 22.6. The van der Waals surface area contributed by atoms with Gasteiger partial charge in [0.25, 0.3) is 5.91 Å². The molecule has 2 aliphatic rings. The molecule has 2 heterocycles. The Labute approximate surface area is 244 Å². The number of hydrogen-bond acceptors (Lipinski definition) is 4. The van der Waals surface area contributed by atoms with Crippen LogP contribution in [0.4, 0.5) is 30.7 Å². The minimum absolute atomic E-state index is 0.00859. The van der Waals surface area contributed by atoms with E-state index >= 15 is 4.39 Å². The number of nitrogens with zero attached hydrogens (tertiary/aromatic N) is 3. The van der Waals surface area contributed by atoms with E-state index in [4.69, 9.17) is 5.73 Å². The molecule has 2 unspecified atom stereocenters. The second-order valence-corrected chi connectivity index (χ2v) is 10.9. The first kappa shape index (κ1) is 29.3. The van der Waals surface area contributed by atoms with Crippen molar-refractivity contribution in [1.82, 2.24) is 20.1 Å². The predicted molar refractivity (Wildman–Crippen MR) is 141 cm³/mol. The molecule has 6 rings (SSSR count). The molecule has 0 bridgehead atoms. The molecule has 1 fully saturated rings. The lowest BCUT2D eigenvalue weighted by Crippen LogP contribution is -2.34. The van der Waals surface area contributed by atoms with Crippen LogP contribution in [-0.2, 0) is 36.0 Å². The zero-order chi connectivity index (χ0) is 31.6. The van der Waals surface area contributed by atoms with Gasteiger partial charge in [0.05, 0.1) is 17.3 Å². The van der Waals surface area contributed by atoms with Crippen LogP contribution in [0.3, 0.4) is 0 Å². The second kappa shape index (κ2) is 10.5. The molecule has 14 heteroatoms. The molecule has 4 aromatic rings. The number of carbonyl (C=O) groups is 2. The molecule has 2 aromatic carbocycles. The average Bonchev–Trinajstić information content (AvgIpc) is 3.29. The SMILES string of the molecule is NC(=O)c1cc(-c2cccnc2[C@H](Cc2cc(F)cc(F)c2)NC(=O)Cn2nc(C(F)(F)F)c3c2CC2CC32F)ccc1F. The summed E-state index contributed by atoms with van der Waals surface area (Å²) < 4.78 is 99.5. The van der Waals surface area contributed by atoms with Gasteiger partial charge in [0.2, 0.25) is 5.91 Å². The number of carbonyl (C=O) groups excluding carboxylic acids is 2. The first-order chi connectivity index (χ1) is 20.7. The molecule has 228 valence electrons. The predicted octanol–water partition coefficient (Wildman–Crippen LogP) is 5.32. The number of primary amides is 1. The smallest absolute Gasteiger partial charge is 0.366 e. The van der Waals surface area contributed by atoms with E-state index in [0.29, 0.717) is 11.6 Å². The maximum absolute atomic E-state index is 15.1. The largest absolute Gasteiger partial charge is 0.435 e. The van der Waals surface area contributed by atoms with E-state index in [1.54, 1.807) is 6.07 Å². The highest BCUT2D eigenvalue weighted by atomic mass is 19.4. The van der Waals surface area contributed by atoms with Gasteiger partial charge in [-0.05, 0) is 60.7 Å². The van der Waals surface area contributed by atoms with Crippen LogP contribution in [0.5, 0.6) is 0 Å². The van der Waals surface area contributed by atoms with Gasteiger partial charge >= 0.3 is 6.18 Å². The fourth-order valence-corrected chi connectivity index (χ4v) is 5.92. The van der Waals surface area contributed by atoms with Crippen molar-refractivity contribution in [3.63, 3.8) is 0 Å². The van der Waals surface area contributed by atoms with Crippen LogP contribution in [0, 0.1) is 23.4 Å². The van der Waals surface area contributed by atoms with E-state index in [1.165, 1.54) is 24.4 Å². The van der Waals surface area contributed by atoms with Crippen molar-refractivity contribution >= 4 is 11.8 Å². The van der Waals surface area contributed by atoms with Crippen LogP contribution in [-0.4, -0.2) is 26.6 Å². The van der Waals surface area contributed by atoms with E-state index < -0.39 is 76.4 Å². The van der Waals surface area contributed by atoms with Crippen LogP contribution in [0.1, 0.15) is 51.0 Å². The first-order valence-electron chi connectivity index (χ1n) is 13.4. The summed E-state index contributed by atoms with van der Waals surface area (Å²) in [4.78, 5) is 29.5. The molecule has 3 N–H and O–H groups in total. The Morgan fingerprint density at radius 2 is 1.82 bits per heavy atom. The zero-order valence-electron chi connectivity index (χ0n) is 22.6. The van der Waals surface area contributed by atoms with Crippen LogP contribution in [0.2, 0.25) is 0 Å². The molecule has 2 amide bonds. The summed E-state index contributed by atoms with van der Waals surface area (Å²) in [6.07, 6.45) is -3.85. The summed E-state index contributed by atoms with van der Waals surface area (Å²) in [5.74, 6) is -5.13. The molecule has 2 aliphatic carbocycles. The average molecular weight is 618 g/mol. The molecule has 44 heavy (non-hydrogen) atoms. The van der Waals surface area contributed by atoms with Gasteiger partial charge in [0.1, 0.15) is 29.7 Å². The van der Waals surface area contributed by atoms with E-state index in [0.717, 1.165) is 22.9 Å². The van der Waals surface area contributed by atoms with Crippen molar-refractivity contribution in [3.8, 4) is 11.1 Å². The van der Waals surface area contributed by atoms with Crippen molar-refractivity contribution in [3.05, 3.63) is 106 Å². The summed E-state index contributed by atoms with van der Waals surface area (Å²) in [6.45, 7) is -0.709. The van der Waals surface area contributed by atoms with Gasteiger partial charge in [-0.25, -0.2) is 17.6 Å². The summed E-state index contributed by atoms with van der Waals surface area (Å²) in [5.41, 5.74) is 1.65. The van der Waals surface area contributed by atoms with Crippen molar-refractivity contribution in [2.24, 2.45) is 11.7 Å². The Kier molecular flexibility index (Phi) is 6.97. The fourth-order valence-electron chi connectivity index (χ4n) is 5.92. The quantitative estimate of drug-likeness (QED) is 0.261. The van der Waals surface area contributed by atoms with Crippen molar-refractivity contribution < 1.29 is 40.3 Å². The van der Waals surface area contributed by atoms with Gasteiger partial charge in [-0.1, -0.05) is 12.1 Å². The number of aromatic nitrogens is 3. The number of pyridine rings is 1. The number of nitrogens with one attached hydrogen (secondary N) is 1. The number of rotatable bonds is 8. The number of alkyl halides is 4. The van der Waals surface area contributed by atoms with Gasteiger partial charge in [-0.15, -0.1) is 0 Å². The highest BCUT2D eigenvalue weighted by Crippen LogP contribution is 2.65. The van der Waals surface area contributed by atoms with Gasteiger partial charge in [0.15, 0.2) is 5.69 Å². The highest BCUT2D eigenvalue weighted by molar-refractivity contribution is 5.94. The van der Waals surface area contributed by atoms with Crippen LogP contribution in [0.25, 0.3) is 11.1 Å². The van der Waals surface area contributed by atoms with E-state index in [1.807, 2.05) is 0 Å². The number of nitrogens with two attached hydrogens (primary N) is 1. The monoisotopic (exact) mass is 617 g/mol. The molecule has 3 atom stereocenters. The van der Waals surface area contributed by atoms with E-state index in [2.05, 4.69) is 15.4 Å². The number of halogens is 7. The van der Waals surface area contributed by atoms with Crippen LogP contribution in [0.15, 0.2) is 54.7 Å². The Bertz CT molecular complexity index is 1800. The Morgan fingerprint density at radius 1 is 1.09 bits per heavy atom. The van der Waals surface area contributed by atoms with Gasteiger partial charge in [-0.3, -0.25) is 19.3 Å². The lowest BCUT2D eigenvalue weighted by Gasteiger charge is -2.22. The number of hydrogen-bond donors (Lipinski definition) is 2. The normalized spacial score (nSPS) is 19.3. The maximum atomic E-state index is 15.1. The molecule has 0 radical (unpaired) electrons. The summed E-state index contributed by atoms with van der Waals surface area (Å²) >= 11 is 0. The minimum atomic E-state index is -4.94. The first-order valence-corrected chi connectivity index (χ1v) is 13.4. The number of fused-ring (bicyclic) bond motifs is 3. The summed E-state index contributed by atoms with van der Waals surface area (Å²) in [7, 11) is 0.